The lowest BCUT2D eigenvalue weighted by Crippen LogP contribution is -2.49. The zero-order valence-electron chi connectivity index (χ0n) is 23.6. The fraction of sp³-hybridized carbons (Fsp3) is 0.429. The van der Waals surface area contributed by atoms with Gasteiger partial charge in [-0.1, -0.05) is 6.07 Å². The number of aromatic nitrogens is 1. The molecule has 0 spiro atoms. The van der Waals surface area contributed by atoms with Gasteiger partial charge in [0.25, 0.3) is 5.91 Å². The average Bonchev–Trinajstić information content (AvgIpc) is 3.50. The average molecular weight is 701 g/mol. The summed E-state index contributed by atoms with van der Waals surface area (Å²) in [5, 5.41) is 2.07. The normalized spacial score (nSPS) is 17.8. The van der Waals surface area contributed by atoms with E-state index < -0.39 is 50.1 Å². The summed E-state index contributed by atoms with van der Waals surface area (Å²) in [7, 11) is -4.69. The van der Waals surface area contributed by atoms with Crippen molar-refractivity contribution in [2.75, 3.05) is 44.2 Å². The standard InChI is InChI=1S/C28H25F9N4O3S2/c29-26(30,31)18-2-1-3-21(13-18)39-8-10-40(11-9-39)25(42)23-16-45-24(38-23)17-4-6-41(7-5-17)46(43,44)22-14-19(27(32,33)34)12-20(15-22)28(35,36)37/h1-3,12-17H,4-11H2. The van der Waals surface area contributed by atoms with Crippen molar-refractivity contribution in [3.63, 3.8) is 0 Å². The first-order chi connectivity index (χ1) is 21.3. The van der Waals surface area contributed by atoms with Gasteiger partial charge in [0.15, 0.2) is 0 Å². The molecule has 7 nitrogen and oxygen atoms in total. The number of sulfonamides is 1. The molecular weight excluding hydrogens is 675 g/mol. The van der Waals surface area contributed by atoms with Crippen molar-refractivity contribution in [2.45, 2.75) is 42.2 Å². The first kappa shape index (κ1) is 34.0. The number of carbonyl (C=O) groups is 1. The summed E-state index contributed by atoms with van der Waals surface area (Å²) >= 11 is 1.17. The summed E-state index contributed by atoms with van der Waals surface area (Å²) < 4.78 is 146. The molecule has 46 heavy (non-hydrogen) atoms. The molecule has 0 atom stereocenters. The molecule has 0 aliphatic carbocycles. The van der Waals surface area contributed by atoms with Gasteiger partial charge in [0.1, 0.15) is 5.69 Å². The van der Waals surface area contributed by atoms with Crippen LogP contribution in [0.2, 0.25) is 0 Å². The molecule has 2 aromatic carbocycles. The lowest BCUT2D eigenvalue weighted by molar-refractivity contribution is -0.143. The number of benzene rings is 2. The molecule has 18 heteroatoms. The van der Waals surface area contributed by atoms with Gasteiger partial charge in [-0.3, -0.25) is 4.79 Å². The van der Waals surface area contributed by atoms with Gasteiger partial charge in [0.2, 0.25) is 10.0 Å². The second-order valence-electron chi connectivity index (χ2n) is 10.8. The van der Waals surface area contributed by atoms with E-state index in [1.807, 2.05) is 0 Å². The number of piperidine rings is 1. The maximum atomic E-state index is 13.3. The third kappa shape index (κ3) is 7.27. The van der Waals surface area contributed by atoms with Crippen LogP contribution in [0, 0.1) is 0 Å². The molecule has 0 bridgehead atoms. The van der Waals surface area contributed by atoms with Crippen molar-refractivity contribution in [3.05, 3.63) is 75.2 Å². The van der Waals surface area contributed by atoms with E-state index >= 15 is 0 Å². The molecule has 250 valence electrons. The number of rotatable bonds is 5. The summed E-state index contributed by atoms with van der Waals surface area (Å²) in [6, 6.07) is 5.17. The van der Waals surface area contributed by atoms with Gasteiger partial charge in [-0.25, -0.2) is 13.4 Å². The smallest absolute Gasteiger partial charge is 0.368 e. The summed E-state index contributed by atoms with van der Waals surface area (Å²) in [6.45, 7) is 0.699. The van der Waals surface area contributed by atoms with E-state index in [1.165, 1.54) is 22.3 Å². The number of anilines is 1. The van der Waals surface area contributed by atoms with Crippen molar-refractivity contribution in [2.24, 2.45) is 0 Å². The molecule has 2 aliphatic rings. The van der Waals surface area contributed by atoms with E-state index in [9.17, 15) is 52.7 Å². The van der Waals surface area contributed by atoms with Crippen molar-refractivity contribution in [1.82, 2.24) is 14.2 Å². The van der Waals surface area contributed by atoms with Crippen LogP contribution >= 0.6 is 11.3 Å². The summed E-state index contributed by atoms with van der Waals surface area (Å²) in [4.78, 5) is 19.7. The molecule has 5 rings (SSSR count). The van der Waals surface area contributed by atoms with Crippen LogP contribution in [0.5, 0.6) is 0 Å². The van der Waals surface area contributed by atoms with E-state index in [-0.39, 0.29) is 74.7 Å². The first-order valence-electron chi connectivity index (χ1n) is 13.8. The number of alkyl halides is 9. The summed E-state index contributed by atoms with van der Waals surface area (Å²) in [5.74, 6) is -0.681. The van der Waals surface area contributed by atoms with E-state index in [0.29, 0.717) is 23.8 Å². The highest BCUT2D eigenvalue weighted by atomic mass is 32.2. The minimum absolute atomic E-state index is 0.136. The Kier molecular flexibility index (Phi) is 9.11. The van der Waals surface area contributed by atoms with Crippen molar-refractivity contribution >= 4 is 33.0 Å². The Morgan fingerprint density at radius 1 is 0.761 bits per heavy atom. The molecule has 1 amide bonds. The van der Waals surface area contributed by atoms with Gasteiger partial charge in [-0.2, -0.15) is 43.8 Å². The summed E-state index contributed by atoms with van der Waals surface area (Å²) in [5.41, 5.74) is -3.69. The van der Waals surface area contributed by atoms with Crippen LogP contribution in [0.25, 0.3) is 0 Å². The van der Waals surface area contributed by atoms with E-state index in [0.717, 1.165) is 16.4 Å². The number of carbonyl (C=O) groups excluding carboxylic acids is 1. The Balaban J connectivity index is 1.21. The van der Waals surface area contributed by atoms with Gasteiger partial charge < -0.3 is 9.80 Å². The highest BCUT2D eigenvalue weighted by Gasteiger charge is 2.40. The fourth-order valence-corrected chi connectivity index (χ4v) is 7.86. The van der Waals surface area contributed by atoms with Gasteiger partial charge >= 0.3 is 18.5 Å². The fourth-order valence-electron chi connectivity index (χ4n) is 5.35. The van der Waals surface area contributed by atoms with Crippen molar-refractivity contribution in [1.29, 1.82) is 0 Å². The van der Waals surface area contributed by atoms with Crippen LogP contribution in [0.3, 0.4) is 0 Å². The minimum Gasteiger partial charge on any atom is -0.368 e. The molecular formula is C28H25F9N4O3S2. The SMILES string of the molecule is O=C(c1csc(C2CCN(S(=O)(=O)c3cc(C(F)(F)F)cc(C(F)(F)F)c3)CC2)n1)N1CCN(c2cccc(C(F)(F)F)c2)CC1. The van der Waals surface area contributed by atoms with E-state index in [2.05, 4.69) is 4.98 Å². The monoisotopic (exact) mass is 700 g/mol. The number of piperazine rings is 1. The molecule has 2 aliphatic heterocycles. The maximum Gasteiger partial charge on any atom is 0.416 e. The number of amides is 1. The molecule has 3 heterocycles. The third-order valence-electron chi connectivity index (χ3n) is 7.85. The third-order valence-corrected chi connectivity index (χ3v) is 10.7. The summed E-state index contributed by atoms with van der Waals surface area (Å²) in [6.07, 6.45) is -14.5. The Morgan fingerprint density at radius 2 is 1.33 bits per heavy atom. The molecule has 2 saturated heterocycles. The topological polar surface area (TPSA) is 73.8 Å². The minimum atomic E-state index is -5.20. The highest BCUT2D eigenvalue weighted by molar-refractivity contribution is 7.89. The largest absolute Gasteiger partial charge is 0.416 e. The molecule has 1 aromatic heterocycles. The van der Waals surface area contributed by atoms with Crippen LogP contribution in [-0.4, -0.2) is 67.8 Å². The molecule has 2 fully saturated rings. The van der Waals surface area contributed by atoms with Gasteiger partial charge in [0.05, 0.1) is 26.6 Å². The van der Waals surface area contributed by atoms with Crippen LogP contribution in [0.4, 0.5) is 45.2 Å². The van der Waals surface area contributed by atoms with E-state index in [1.54, 1.807) is 16.3 Å². The van der Waals surface area contributed by atoms with Gasteiger partial charge in [-0.15, -0.1) is 11.3 Å². The van der Waals surface area contributed by atoms with Crippen LogP contribution in [0.1, 0.15) is 50.9 Å². The van der Waals surface area contributed by atoms with Gasteiger partial charge in [-0.05, 0) is 49.2 Å². The maximum absolute atomic E-state index is 13.3. The van der Waals surface area contributed by atoms with Crippen LogP contribution in [0.15, 0.2) is 52.7 Å². The Labute approximate surface area is 261 Å². The molecule has 0 unspecified atom stereocenters. The molecule has 3 aromatic rings. The quantitative estimate of drug-likeness (QED) is 0.276. The first-order valence-corrected chi connectivity index (χ1v) is 16.1. The number of thiazole rings is 1. The Hall–Kier alpha value is -3.38. The Bertz CT molecular complexity index is 1660. The number of hydrogen-bond donors (Lipinski definition) is 0. The predicted molar refractivity (Wildman–Crippen MR) is 149 cm³/mol. The molecule has 0 N–H and O–H groups in total. The Morgan fingerprint density at radius 3 is 1.87 bits per heavy atom. The van der Waals surface area contributed by atoms with E-state index in [4.69, 9.17) is 0 Å². The zero-order valence-corrected chi connectivity index (χ0v) is 25.2. The predicted octanol–water partition coefficient (Wildman–Crippen LogP) is 6.73. The zero-order chi connectivity index (χ0) is 33.7. The van der Waals surface area contributed by atoms with Crippen LogP contribution in [-0.2, 0) is 28.6 Å². The van der Waals surface area contributed by atoms with Gasteiger partial charge in [0, 0.05) is 56.3 Å². The highest BCUT2D eigenvalue weighted by Crippen LogP contribution is 2.39. The number of nitrogens with zero attached hydrogens (tertiary/aromatic N) is 4. The second kappa shape index (κ2) is 12.3. The second-order valence-corrected chi connectivity index (χ2v) is 13.6. The van der Waals surface area contributed by atoms with Crippen molar-refractivity contribution in [3.8, 4) is 0 Å². The molecule has 0 radical (unpaired) electrons. The molecule has 0 saturated carbocycles. The van der Waals surface area contributed by atoms with Crippen molar-refractivity contribution < 1.29 is 52.7 Å². The number of halogens is 9. The lowest BCUT2D eigenvalue weighted by atomic mass is 9.99. The number of hydrogen-bond acceptors (Lipinski definition) is 6. The van der Waals surface area contributed by atoms with Crippen LogP contribution < -0.4 is 4.90 Å². The lowest BCUT2D eigenvalue weighted by Gasteiger charge is -2.36.